The van der Waals surface area contributed by atoms with Crippen LogP contribution in [0.3, 0.4) is 0 Å². The Morgan fingerprint density at radius 3 is 1.37 bits per heavy atom. The monoisotopic (exact) mass is 392 g/mol. The number of hydrogen-bond acceptors (Lipinski definition) is 6. The van der Waals surface area contributed by atoms with Crippen LogP contribution in [0.5, 0.6) is 0 Å². The molecule has 0 fully saturated rings. The molecule has 0 bridgehead atoms. The van der Waals surface area contributed by atoms with Crippen molar-refractivity contribution in [3.8, 4) is 0 Å². The summed E-state index contributed by atoms with van der Waals surface area (Å²) < 4.78 is 26.9. The van der Waals surface area contributed by atoms with Crippen molar-refractivity contribution in [1.82, 2.24) is 0 Å². The second-order valence-electron chi connectivity index (χ2n) is 6.67. The third-order valence-electron chi connectivity index (χ3n) is 4.53. The predicted molar refractivity (Wildman–Crippen MR) is 108 cm³/mol. The summed E-state index contributed by atoms with van der Waals surface area (Å²) in [4.78, 5) is 0. The Labute approximate surface area is 166 Å². The third-order valence-corrected chi connectivity index (χ3v) is 4.53. The minimum absolute atomic E-state index is 0.0484. The number of ether oxygens (including phenoxy) is 5. The van der Waals surface area contributed by atoms with Crippen molar-refractivity contribution in [2.24, 2.45) is 5.92 Å². The van der Waals surface area contributed by atoms with Crippen LogP contribution in [0.2, 0.25) is 0 Å². The van der Waals surface area contributed by atoms with Gasteiger partial charge in [-0.15, -0.1) is 0 Å². The summed E-state index contributed by atoms with van der Waals surface area (Å²) >= 11 is 0. The van der Waals surface area contributed by atoms with E-state index in [1.807, 2.05) is 0 Å². The fraction of sp³-hybridized carbons (Fsp3) is 1.00. The molecule has 0 aromatic rings. The van der Waals surface area contributed by atoms with Crippen molar-refractivity contribution in [3.63, 3.8) is 0 Å². The molecule has 0 saturated carbocycles. The summed E-state index contributed by atoms with van der Waals surface area (Å²) in [5.74, 6) is 0.923. The maximum Gasteiger partial charge on any atom is 0.0701 e. The van der Waals surface area contributed by atoms with Gasteiger partial charge in [-0.05, 0) is 12.3 Å². The highest BCUT2D eigenvalue weighted by Crippen LogP contribution is 2.16. The zero-order valence-corrected chi connectivity index (χ0v) is 17.8. The van der Waals surface area contributed by atoms with Crippen molar-refractivity contribution < 1.29 is 28.8 Å². The number of unbranched alkanes of at least 4 members (excludes halogenated alkanes) is 3. The molecule has 0 aliphatic rings. The van der Waals surface area contributed by atoms with Gasteiger partial charge in [0.05, 0.1) is 66.1 Å². The Kier molecular flexibility index (Phi) is 23.6. The van der Waals surface area contributed by atoms with E-state index in [2.05, 4.69) is 13.8 Å². The van der Waals surface area contributed by atoms with E-state index in [0.29, 0.717) is 59.5 Å². The quantitative estimate of drug-likeness (QED) is 0.269. The van der Waals surface area contributed by atoms with E-state index in [-0.39, 0.29) is 6.61 Å². The molecule has 6 nitrogen and oxygen atoms in total. The van der Waals surface area contributed by atoms with Crippen LogP contribution in [0.15, 0.2) is 0 Å². The van der Waals surface area contributed by atoms with E-state index in [0.717, 1.165) is 18.9 Å². The van der Waals surface area contributed by atoms with Crippen LogP contribution in [0.4, 0.5) is 0 Å². The summed E-state index contributed by atoms with van der Waals surface area (Å²) in [7, 11) is 0. The highest BCUT2D eigenvalue weighted by molar-refractivity contribution is 4.55. The first-order valence-electron chi connectivity index (χ1n) is 10.8. The fourth-order valence-corrected chi connectivity index (χ4v) is 2.73. The van der Waals surface area contributed by atoms with Gasteiger partial charge in [0.1, 0.15) is 0 Å². The van der Waals surface area contributed by atoms with E-state index >= 15 is 0 Å². The normalized spacial score (nSPS) is 11.6. The maximum absolute atomic E-state index is 8.53. The Balaban J connectivity index is 3.03. The lowest BCUT2D eigenvalue weighted by atomic mass is 9.96. The molecule has 27 heavy (non-hydrogen) atoms. The lowest BCUT2D eigenvalue weighted by Crippen LogP contribution is -2.13. The lowest BCUT2D eigenvalue weighted by molar-refractivity contribution is -0.0134. The van der Waals surface area contributed by atoms with Crippen LogP contribution in [0, 0.1) is 5.92 Å². The molecule has 0 aromatic carbocycles. The van der Waals surface area contributed by atoms with Gasteiger partial charge in [0.2, 0.25) is 0 Å². The molecule has 0 aliphatic carbocycles. The van der Waals surface area contributed by atoms with Gasteiger partial charge >= 0.3 is 0 Å². The summed E-state index contributed by atoms with van der Waals surface area (Å²) in [6.07, 6.45) is 9.13. The van der Waals surface area contributed by atoms with Gasteiger partial charge in [0.15, 0.2) is 0 Å². The van der Waals surface area contributed by atoms with E-state index in [9.17, 15) is 0 Å². The minimum atomic E-state index is 0.0484. The van der Waals surface area contributed by atoms with Crippen LogP contribution in [0.1, 0.15) is 58.8 Å². The molecule has 6 heteroatoms. The fourth-order valence-electron chi connectivity index (χ4n) is 2.73. The topological polar surface area (TPSA) is 66.4 Å². The van der Waals surface area contributed by atoms with Crippen molar-refractivity contribution in [3.05, 3.63) is 0 Å². The van der Waals surface area contributed by atoms with Gasteiger partial charge in [-0.25, -0.2) is 0 Å². The van der Waals surface area contributed by atoms with Crippen LogP contribution < -0.4 is 0 Å². The standard InChI is InChI=1S/C21H44O6/c1-3-21(4-2)9-7-5-6-8-11-23-13-15-25-17-19-27-20-18-26-16-14-24-12-10-22/h21-22H,3-20H2,1-2H3. The van der Waals surface area contributed by atoms with E-state index in [1.165, 1.54) is 38.5 Å². The van der Waals surface area contributed by atoms with E-state index in [1.54, 1.807) is 0 Å². The van der Waals surface area contributed by atoms with E-state index < -0.39 is 0 Å². The summed E-state index contributed by atoms with van der Waals surface area (Å²) in [5, 5.41) is 8.53. The van der Waals surface area contributed by atoms with Crippen molar-refractivity contribution in [2.75, 3.05) is 72.7 Å². The van der Waals surface area contributed by atoms with E-state index in [4.69, 9.17) is 28.8 Å². The molecule has 0 heterocycles. The maximum atomic E-state index is 8.53. The summed E-state index contributed by atoms with van der Waals surface area (Å²) in [6, 6.07) is 0. The molecule has 0 atom stereocenters. The first kappa shape index (κ1) is 26.8. The molecule has 0 aromatic heterocycles. The first-order chi connectivity index (χ1) is 13.3. The number of aliphatic hydroxyl groups excluding tert-OH is 1. The van der Waals surface area contributed by atoms with Crippen LogP contribution >= 0.6 is 0 Å². The Hall–Kier alpha value is -0.240. The van der Waals surface area contributed by atoms with Gasteiger partial charge in [0, 0.05) is 6.61 Å². The first-order valence-corrected chi connectivity index (χ1v) is 10.8. The molecule has 0 spiro atoms. The van der Waals surface area contributed by atoms with Crippen molar-refractivity contribution >= 4 is 0 Å². The molecule has 0 aliphatic heterocycles. The second kappa shape index (κ2) is 23.8. The van der Waals surface area contributed by atoms with Crippen LogP contribution in [-0.4, -0.2) is 77.8 Å². The molecular weight excluding hydrogens is 348 g/mol. The van der Waals surface area contributed by atoms with Crippen molar-refractivity contribution in [2.45, 2.75) is 58.8 Å². The molecule has 0 saturated heterocycles. The Bertz CT molecular complexity index is 261. The van der Waals surface area contributed by atoms with Gasteiger partial charge in [-0.3, -0.25) is 0 Å². The Morgan fingerprint density at radius 2 is 0.926 bits per heavy atom. The van der Waals surface area contributed by atoms with Gasteiger partial charge < -0.3 is 28.8 Å². The zero-order chi connectivity index (χ0) is 19.8. The van der Waals surface area contributed by atoms with Crippen LogP contribution in [-0.2, 0) is 23.7 Å². The molecule has 1 N–H and O–H groups in total. The van der Waals surface area contributed by atoms with Gasteiger partial charge in [-0.1, -0.05) is 52.4 Å². The van der Waals surface area contributed by atoms with Crippen LogP contribution in [0.25, 0.3) is 0 Å². The molecular formula is C21H44O6. The number of rotatable bonds is 23. The summed E-state index contributed by atoms with van der Waals surface area (Å²) in [5.41, 5.74) is 0. The lowest BCUT2D eigenvalue weighted by Gasteiger charge is -2.11. The Morgan fingerprint density at radius 1 is 0.519 bits per heavy atom. The highest BCUT2D eigenvalue weighted by atomic mass is 16.6. The third kappa shape index (κ3) is 21.9. The number of aliphatic hydroxyl groups is 1. The smallest absolute Gasteiger partial charge is 0.0701 e. The van der Waals surface area contributed by atoms with Gasteiger partial charge in [-0.2, -0.15) is 0 Å². The molecule has 0 unspecified atom stereocenters. The predicted octanol–water partition coefficient (Wildman–Crippen LogP) is 3.45. The van der Waals surface area contributed by atoms with Crippen molar-refractivity contribution in [1.29, 1.82) is 0 Å². The zero-order valence-electron chi connectivity index (χ0n) is 17.8. The second-order valence-corrected chi connectivity index (χ2v) is 6.67. The molecule has 0 radical (unpaired) electrons. The molecule has 0 amide bonds. The minimum Gasteiger partial charge on any atom is -0.394 e. The molecule has 164 valence electrons. The number of hydrogen-bond donors (Lipinski definition) is 1. The average Bonchev–Trinajstić information content (AvgIpc) is 2.69. The molecule has 0 rings (SSSR count). The highest BCUT2D eigenvalue weighted by Gasteiger charge is 2.02. The summed E-state index contributed by atoms with van der Waals surface area (Å²) in [6.45, 7) is 10.4. The van der Waals surface area contributed by atoms with Gasteiger partial charge in [0.25, 0.3) is 0 Å². The SMILES string of the molecule is CCC(CC)CCCCCCOCCOCCOCCOCCOCCO. The largest absolute Gasteiger partial charge is 0.394 e. The average molecular weight is 393 g/mol.